The van der Waals surface area contributed by atoms with Gasteiger partial charge < -0.3 is 10.1 Å². The van der Waals surface area contributed by atoms with Crippen molar-refractivity contribution in [2.45, 2.75) is 12.8 Å². The van der Waals surface area contributed by atoms with E-state index < -0.39 is 17.8 Å². The molecule has 0 aliphatic carbocycles. The average Bonchev–Trinajstić information content (AvgIpc) is 2.58. The lowest BCUT2D eigenvalue weighted by molar-refractivity contribution is -0.137. The van der Waals surface area contributed by atoms with Gasteiger partial charge in [0.1, 0.15) is 6.61 Å². The summed E-state index contributed by atoms with van der Waals surface area (Å²) in [4.78, 5) is 11.6. The van der Waals surface area contributed by atoms with E-state index in [2.05, 4.69) is 21.2 Å². The fourth-order valence-electron chi connectivity index (χ4n) is 1.95. The summed E-state index contributed by atoms with van der Waals surface area (Å²) in [6.07, 6.45) is -1.96. The number of alkyl carbamates (subject to hydrolysis) is 1. The number of carbonyl (C=O) groups is 1. The molecule has 0 radical (unpaired) electrons. The number of benzene rings is 2. The molecule has 2 aromatic carbocycles. The topological polar surface area (TPSA) is 38.3 Å². The van der Waals surface area contributed by atoms with Gasteiger partial charge in [0.15, 0.2) is 0 Å². The Morgan fingerprint density at radius 3 is 2.56 bits per heavy atom. The number of hydrogen-bond donors (Lipinski definition) is 1. The molecule has 3 nitrogen and oxygen atoms in total. The minimum Gasteiger partial charge on any atom is -0.445 e. The second-order valence-electron chi connectivity index (χ2n) is 5.08. The zero-order valence-electron chi connectivity index (χ0n) is 13.0. The van der Waals surface area contributed by atoms with Crippen molar-refractivity contribution in [3.8, 4) is 0 Å². The highest BCUT2D eigenvalue weighted by molar-refractivity contribution is 9.10. The molecule has 0 aliphatic heterocycles. The van der Waals surface area contributed by atoms with Gasteiger partial charge in [0.05, 0.1) is 5.56 Å². The molecule has 1 N–H and O–H groups in total. The van der Waals surface area contributed by atoms with E-state index in [1.165, 1.54) is 12.1 Å². The van der Waals surface area contributed by atoms with E-state index in [9.17, 15) is 18.0 Å². The van der Waals surface area contributed by atoms with Crippen LogP contribution < -0.4 is 5.32 Å². The summed E-state index contributed by atoms with van der Waals surface area (Å²) in [5, 5.41) is 2.50. The minimum absolute atomic E-state index is 0.135. The number of alkyl halides is 3. The van der Waals surface area contributed by atoms with Gasteiger partial charge in [-0.1, -0.05) is 58.4 Å². The Labute approximate surface area is 151 Å². The molecule has 0 spiro atoms. The first kappa shape index (κ1) is 19.1. The average molecular weight is 414 g/mol. The van der Waals surface area contributed by atoms with E-state index in [0.29, 0.717) is 10.0 Å². The summed E-state index contributed by atoms with van der Waals surface area (Å²) in [7, 11) is 0. The summed E-state index contributed by atoms with van der Waals surface area (Å²) >= 11 is 3.20. The molecule has 0 aliphatic rings. The van der Waals surface area contributed by atoms with Gasteiger partial charge in [-0.15, -0.1) is 0 Å². The standard InChI is InChI=1S/C18H15BrF3NO2/c19-16-9-8-15(18(20,21)22)11-14(16)7-4-10-23-17(24)25-12-13-5-2-1-3-6-13/h1-9,11H,10,12H2,(H,23,24). The molecule has 0 saturated heterocycles. The Bertz CT molecular complexity index is 746. The van der Waals surface area contributed by atoms with Gasteiger partial charge in [-0.2, -0.15) is 13.2 Å². The molecule has 2 aromatic rings. The molecule has 0 fully saturated rings. The van der Waals surface area contributed by atoms with Crippen molar-refractivity contribution in [3.63, 3.8) is 0 Å². The number of hydrogen-bond acceptors (Lipinski definition) is 2. The van der Waals surface area contributed by atoms with Crippen LogP contribution in [0.25, 0.3) is 6.08 Å². The largest absolute Gasteiger partial charge is 0.445 e. The maximum absolute atomic E-state index is 12.7. The van der Waals surface area contributed by atoms with E-state index >= 15 is 0 Å². The molecule has 1 amide bonds. The van der Waals surface area contributed by atoms with Gasteiger partial charge >= 0.3 is 12.3 Å². The molecule has 0 unspecified atom stereocenters. The van der Waals surface area contributed by atoms with Crippen molar-refractivity contribution >= 4 is 28.1 Å². The quantitative estimate of drug-likeness (QED) is 0.711. The third-order valence-electron chi connectivity index (χ3n) is 3.20. The van der Waals surface area contributed by atoms with Crippen molar-refractivity contribution in [2.75, 3.05) is 6.54 Å². The fraction of sp³-hybridized carbons (Fsp3) is 0.167. The van der Waals surface area contributed by atoms with Crippen LogP contribution in [0.15, 0.2) is 59.1 Å². The highest BCUT2D eigenvalue weighted by Gasteiger charge is 2.30. The Morgan fingerprint density at radius 1 is 1.16 bits per heavy atom. The van der Waals surface area contributed by atoms with Gasteiger partial charge in [0.2, 0.25) is 0 Å². The predicted octanol–water partition coefficient (Wildman–Crippen LogP) is 5.41. The maximum Gasteiger partial charge on any atom is 0.416 e. The van der Waals surface area contributed by atoms with Crippen LogP contribution in [0.1, 0.15) is 16.7 Å². The zero-order chi connectivity index (χ0) is 18.3. The van der Waals surface area contributed by atoms with Crippen molar-refractivity contribution < 1.29 is 22.7 Å². The molecule has 2 rings (SSSR count). The first-order chi connectivity index (χ1) is 11.9. The first-order valence-electron chi connectivity index (χ1n) is 7.34. The number of ether oxygens (including phenoxy) is 1. The summed E-state index contributed by atoms with van der Waals surface area (Å²) in [6.45, 7) is 0.284. The lowest BCUT2D eigenvalue weighted by Gasteiger charge is -2.08. The van der Waals surface area contributed by atoms with Gasteiger partial charge in [0, 0.05) is 11.0 Å². The second-order valence-corrected chi connectivity index (χ2v) is 5.93. The van der Waals surface area contributed by atoms with Crippen molar-refractivity contribution in [2.24, 2.45) is 0 Å². The zero-order valence-corrected chi connectivity index (χ0v) is 14.6. The monoisotopic (exact) mass is 413 g/mol. The molecule has 0 aromatic heterocycles. The van der Waals surface area contributed by atoms with E-state index in [1.54, 1.807) is 6.08 Å². The Balaban J connectivity index is 1.84. The molecule has 0 heterocycles. The van der Waals surface area contributed by atoms with Crippen molar-refractivity contribution in [1.29, 1.82) is 0 Å². The van der Waals surface area contributed by atoms with E-state index in [-0.39, 0.29) is 13.2 Å². The van der Waals surface area contributed by atoms with E-state index in [0.717, 1.165) is 17.7 Å². The van der Waals surface area contributed by atoms with Gasteiger partial charge in [-0.3, -0.25) is 0 Å². The lowest BCUT2D eigenvalue weighted by atomic mass is 10.1. The molecule has 0 saturated carbocycles. The van der Waals surface area contributed by atoms with Crippen molar-refractivity contribution in [1.82, 2.24) is 5.32 Å². The predicted molar refractivity (Wildman–Crippen MR) is 92.8 cm³/mol. The highest BCUT2D eigenvalue weighted by atomic mass is 79.9. The van der Waals surface area contributed by atoms with Crippen LogP contribution in [0.5, 0.6) is 0 Å². The van der Waals surface area contributed by atoms with Crippen LogP contribution in [-0.2, 0) is 17.5 Å². The van der Waals surface area contributed by atoms with Gasteiger partial charge in [0.25, 0.3) is 0 Å². The molecule has 0 atom stereocenters. The van der Waals surface area contributed by atoms with E-state index in [1.807, 2.05) is 30.3 Å². The maximum atomic E-state index is 12.7. The minimum atomic E-state index is -4.40. The highest BCUT2D eigenvalue weighted by Crippen LogP contribution is 2.32. The summed E-state index contributed by atoms with van der Waals surface area (Å²) in [6, 6.07) is 12.6. The summed E-state index contributed by atoms with van der Waals surface area (Å²) < 4.78 is 43.7. The molecular weight excluding hydrogens is 399 g/mol. The van der Waals surface area contributed by atoms with Crippen LogP contribution >= 0.6 is 15.9 Å². The first-order valence-corrected chi connectivity index (χ1v) is 8.13. The number of rotatable bonds is 5. The normalized spacial score (nSPS) is 11.5. The van der Waals surface area contributed by atoms with Crippen LogP contribution in [0, 0.1) is 0 Å². The number of halogens is 4. The van der Waals surface area contributed by atoms with Crippen LogP contribution in [-0.4, -0.2) is 12.6 Å². The third-order valence-corrected chi connectivity index (χ3v) is 3.92. The molecular formula is C18H15BrF3NO2. The lowest BCUT2D eigenvalue weighted by Crippen LogP contribution is -2.24. The molecule has 7 heteroatoms. The fourth-order valence-corrected chi connectivity index (χ4v) is 2.33. The van der Waals surface area contributed by atoms with Gasteiger partial charge in [-0.25, -0.2) is 4.79 Å². The van der Waals surface area contributed by atoms with Crippen molar-refractivity contribution in [3.05, 3.63) is 75.8 Å². The number of nitrogens with one attached hydrogen (secondary N) is 1. The smallest absolute Gasteiger partial charge is 0.416 e. The second kappa shape index (κ2) is 8.71. The Hall–Kier alpha value is -2.28. The number of carbonyl (C=O) groups excluding carboxylic acids is 1. The summed E-state index contributed by atoms with van der Waals surface area (Å²) in [5.74, 6) is 0. The van der Waals surface area contributed by atoms with Crippen LogP contribution in [0.3, 0.4) is 0 Å². The Morgan fingerprint density at radius 2 is 1.88 bits per heavy atom. The van der Waals surface area contributed by atoms with E-state index in [4.69, 9.17) is 4.74 Å². The van der Waals surface area contributed by atoms with Gasteiger partial charge in [-0.05, 0) is 29.3 Å². The molecule has 132 valence electrons. The SMILES string of the molecule is O=C(NCC=Cc1cc(C(F)(F)F)ccc1Br)OCc1ccccc1. The van der Waals surface area contributed by atoms with Crippen LogP contribution in [0.4, 0.5) is 18.0 Å². The third kappa shape index (κ3) is 6.26. The molecule has 0 bridgehead atoms. The number of amides is 1. The molecule has 25 heavy (non-hydrogen) atoms. The Kier molecular flexibility index (Phi) is 6.64. The van der Waals surface area contributed by atoms with Crippen LogP contribution in [0.2, 0.25) is 0 Å². The summed E-state index contributed by atoms with van der Waals surface area (Å²) in [5.41, 5.74) is 0.501.